The summed E-state index contributed by atoms with van der Waals surface area (Å²) < 4.78 is 0. The Morgan fingerprint density at radius 2 is 1.53 bits per heavy atom. The molecule has 0 aromatic carbocycles. The smallest absolute Gasteiger partial charge is 0.318 e. The third kappa shape index (κ3) is 3.49. The third-order valence-electron chi connectivity index (χ3n) is 2.10. The topological polar surface area (TPSA) is 98.1 Å². The lowest BCUT2D eigenvalue weighted by atomic mass is 9.92. The van der Waals surface area contributed by atoms with Gasteiger partial charge in [-0.1, -0.05) is 0 Å². The van der Waals surface area contributed by atoms with Crippen molar-refractivity contribution in [3.8, 4) is 0 Å². The molecule has 0 heterocycles. The minimum atomic E-state index is -1.54. The van der Waals surface area contributed by atoms with Gasteiger partial charge in [-0.2, -0.15) is 0 Å². The van der Waals surface area contributed by atoms with Crippen LogP contribution in [0.1, 0.15) is 13.8 Å². The summed E-state index contributed by atoms with van der Waals surface area (Å²) in [6.45, 7) is 2.11. The van der Waals surface area contributed by atoms with E-state index in [-0.39, 0.29) is 26.3 Å². The van der Waals surface area contributed by atoms with Crippen molar-refractivity contribution in [1.29, 1.82) is 0 Å². The Balaban J connectivity index is 4.68. The highest BCUT2D eigenvalue weighted by Gasteiger charge is 2.38. The molecule has 88 valence electrons. The van der Waals surface area contributed by atoms with Gasteiger partial charge in [0.05, 0.1) is 13.2 Å². The van der Waals surface area contributed by atoms with Gasteiger partial charge in [-0.05, 0) is 13.8 Å². The number of carbonyl (C=O) groups is 2. The van der Waals surface area contributed by atoms with Crippen molar-refractivity contribution in [1.82, 2.24) is 4.90 Å². The number of amides is 1. The highest BCUT2D eigenvalue weighted by molar-refractivity contribution is 6.00. The van der Waals surface area contributed by atoms with Crippen LogP contribution in [-0.2, 0) is 9.59 Å². The average Bonchev–Trinajstić information content (AvgIpc) is 2.16. The fourth-order valence-electron chi connectivity index (χ4n) is 1.04. The Kier molecular flexibility index (Phi) is 5.24. The van der Waals surface area contributed by atoms with Crippen LogP contribution in [0.15, 0.2) is 0 Å². The summed E-state index contributed by atoms with van der Waals surface area (Å²) in [7, 11) is 0. The largest absolute Gasteiger partial charge is 0.480 e. The molecule has 0 saturated carbocycles. The quantitative estimate of drug-likeness (QED) is 0.493. The molecule has 0 aromatic rings. The van der Waals surface area contributed by atoms with Crippen LogP contribution in [0.5, 0.6) is 0 Å². The van der Waals surface area contributed by atoms with Crippen molar-refractivity contribution in [3.63, 3.8) is 0 Å². The number of aliphatic carboxylic acids is 1. The molecule has 0 spiro atoms. The molecule has 0 saturated heterocycles. The predicted molar refractivity (Wildman–Crippen MR) is 52.2 cm³/mol. The Labute approximate surface area is 88.1 Å². The number of aliphatic hydroxyl groups is 2. The van der Waals surface area contributed by atoms with Crippen LogP contribution in [0.4, 0.5) is 0 Å². The fourth-order valence-corrected chi connectivity index (χ4v) is 1.04. The van der Waals surface area contributed by atoms with Gasteiger partial charge < -0.3 is 20.2 Å². The Morgan fingerprint density at radius 1 is 1.13 bits per heavy atom. The number of carboxylic acids is 1. The van der Waals surface area contributed by atoms with E-state index in [0.717, 1.165) is 4.90 Å². The van der Waals surface area contributed by atoms with Gasteiger partial charge in [0.15, 0.2) is 0 Å². The highest BCUT2D eigenvalue weighted by atomic mass is 16.4. The molecule has 0 unspecified atom stereocenters. The second-order valence-corrected chi connectivity index (χ2v) is 3.67. The Bertz CT molecular complexity index is 233. The summed E-state index contributed by atoms with van der Waals surface area (Å²) in [5.74, 6) is -1.84. The van der Waals surface area contributed by atoms with E-state index >= 15 is 0 Å². The maximum absolute atomic E-state index is 11.7. The molecule has 1 amide bonds. The van der Waals surface area contributed by atoms with Crippen LogP contribution in [0.2, 0.25) is 0 Å². The van der Waals surface area contributed by atoms with Crippen molar-refractivity contribution >= 4 is 11.9 Å². The van der Waals surface area contributed by atoms with E-state index in [2.05, 4.69) is 0 Å². The summed E-state index contributed by atoms with van der Waals surface area (Å²) in [6, 6.07) is 0. The number of rotatable bonds is 6. The molecule has 15 heavy (non-hydrogen) atoms. The lowest BCUT2D eigenvalue weighted by molar-refractivity contribution is -0.158. The second kappa shape index (κ2) is 5.67. The van der Waals surface area contributed by atoms with Crippen LogP contribution in [0.3, 0.4) is 0 Å². The number of carboxylic acid groups (broad SMARTS) is 1. The van der Waals surface area contributed by atoms with Gasteiger partial charge in [-0.15, -0.1) is 0 Å². The number of hydrogen-bond donors (Lipinski definition) is 3. The van der Waals surface area contributed by atoms with Gasteiger partial charge >= 0.3 is 5.97 Å². The highest BCUT2D eigenvalue weighted by Crippen LogP contribution is 2.18. The maximum Gasteiger partial charge on any atom is 0.318 e. The molecule has 0 rings (SSSR count). The summed E-state index contributed by atoms with van der Waals surface area (Å²) in [5.41, 5.74) is -1.54. The first-order valence-corrected chi connectivity index (χ1v) is 4.62. The standard InChI is InChI=1S/C9H17NO5/c1-9(2,8(14)15)7(13)10(3-5-11)4-6-12/h11-12H,3-6H2,1-2H3,(H,14,15). The molecule has 0 aromatic heterocycles. The van der Waals surface area contributed by atoms with Crippen molar-refractivity contribution in [2.45, 2.75) is 13.8 Å². The number of aliphatic hydroxyl groups excluding tert-OH is 2. The zero-order valence-corrected chi connectivity index (χ0v) is 8.93. The minimum Gasteiger partial charge on any atom is -0.480 e. The minimum absolute atomic E-state index is 0.0239. The molecule has 6 heteroatoms. The molecule has 0 aliphatic heterocycles. The van der Waals surface area contributed by atoms with E-state index in [4.69, 9.17) is 15.3 Å². The molecular weight excluding hydrogens is 202 g/mol. The Hall–Kier alpha value is -1.14. The van der Waals surface area contributed by atoms with Gasteiger partial charge in [-0.3, -0.25) is 9.59 Å². The van der Waals surface area contributed by atoms with Crippen LogP contribution in [-0.4, -0.2) is 58.4 Å². The molecule has 0 fully saturated rings. The van der Waals surface area contributed by atoms with Crippen LogP contribution in [0, 0.1) is 5.41 Å². The van der Waals surface area contributed by atoms with E-state index < -0.39 is 17.3 Å². The molecule has 0 aliphatic carbocycles. The molecule has 3 N–H and O–H groups in total. The molecule has 0 aliphatic rings. The third-order valence-corrected chi connectivity index (χ3v) is 2.10. The van der Waals surface area contributed by atoms with Crippen LogP contribution >= 0.6 is 0 Å². The maximum atomic E-state index is 11.7. The number of hydrogen-bond acceptors (Lipinski definition) is 4. The van der Waals surface area contributed by atoms with E-state index in [0.29, 0.717) is 0 Å². The van der Waals surface area contributed by atoms with Crippen molar-refractivity contribution in [2.75, 3.05) is 26.3 Å². The first-order chi connectivity index (χ1) is 6.87. The molecule has 0 radical (unpaired) electrons. The lowest BCUT2D eigenvalue weighted by Crippen LogP contribution is -2.47. The second-order valence-electron chi connectivity index (χ2n) is 3.67. The van der Waals surface area contributed by atoms with Crippen LogP contribution in [0.25, 0.3) is 0 Å². The predicted octanol–water partition coefficient (Wildman–Crippen LogP) is -1.09. The molecule has 6 nitrogen and oxygen atoms in total. The molecule has 0 bridgehead atoms. The van der Waals surface area contributed by atoms with Gasteiger partial charge in [-0.25, -0.2) is 0 Å². The van der Waals surface area contributed by atoms with Crippen molar-refractivity contribution in [3.05, 3.63) is 0 Å². The average molecular weight is 219 g/mol. The normalized spacial score (nSPS) is 11.2. The van der Waals surface area contributed by atoms with Gasteiger partial charge in [0, 0.05) is 13.1 Å². The van der Waals surface area contributed by atoms with Crippen LogP contribution < -0.4 is 0 Å². The summed E-state index contributed by atoms with van der Waals surface area (Å²) in [5, 5.41) is 26.2. The lowest BCUT2D eigenvalue weighted by Gasteiger charge is -2.28. The summed E-state index contributed by atoms with van der Waals surface area (Å²) >= 11 is 0. The zero-order valence-electron chi connectivity index (χ0n) is 8.93. The molecular formula is C9H17NO5. The SMILES string of the molecule is CC(C)(C(=O)O)C(=O)N(CCO)CCO. The monoisotopic (exact) mass is 219 g/mol. The first kappa shape index (κ1) is 13.9. The van der Waals surface area contributed by atoms with E-state index in [1.165, 1.54) is 13.8 Å². The number of nitrogens with zero attached hydrogens (tertiary/aromatic N) is 1. The van der Waals surface area contributed by atoms with E-state index in [1.54, 1.807) is 0 Å². The zero-order chi connectivity index (χ0) is 12.1. The van der Waals surface area contributed by atoms with E-state index in [1.807, 2.05) is 0 Å². The van der Waals surface area contributed by atoms with E-state index in [9.17, 15) is 9.59 Å². The fraction of sp³-hybridized carbons (Fsp3) is 0.778. The summed E-state index contributed by atoms with van der Waals surface area (Å²) in [6.07, 6.45) is 0. The van der Waals surface area contributed by atoms with Gasteiger partial charge in [0.2, 0.25) is 5.91 Å². The van der Waals surface area contributed by atoms with Crippen molar-refractivity contribution < 1.29 is 24.9 Å². The molecule has 0 atom stereocenters. The first-order valence-electron chi connectivity index (χ1n) is 4.62. The Morgan fingerprint density at radius 3 is 1.80 bits per heavy atom. The number of carbonyl (C=O) groups excluding carboxylic acids is 1. The summed E-state index contributed by atoms with van der Waals surface area (Å²) in [4.78, 5) is 23.6. The van der Waals surface area contributed by atoms with Gasteiger partial charge in [0.1, 0.15) is 5.41 Å². The van der Waals surface area contributed by atoms with Gasteiger partial charge in [0.25, 0.3) is 0 Å². The van der Waals surface area contributed by atoms with Crippen molar-refractivity contribution in [2.24, 2.45) is 5.41 Å².